The van der Waals surface area contributed by atoms with Crippen LogP contribution < -0.4 is 10.1 Å². The average molecular weight is 303 g/mol. The number of hydrogen-bond acceptors (Lipinski definition) is 5. The predicted octanol–water partition coefficient (Wildman–Crippen LogP) is 2.61. The van der Waals surface area contributed by atoms with Crippen molar-refractivity contribution in [3.05, 3.63) is 42.0 Å². The second kappa shape index (κ2) is 6.98. The number of hydrogen-bond donors (Lipinski definition) is 1. The minimum atomic E-state index is -0.379. The van der Waals surface area contributed by atoms with Crippen molar-refractivity contribution >= 4 is 11.7 Å². The van der Waals surface area contributed by atoms with Gasteiger partial charge in [-0.1, -0.05) is 0 Å². The minimum Gasteiger partial charge on any atom is -0.489 e. The van der Waals surface area contributed by atoms with E-state index < -0.39 is 0 Å². The van der Waals surface area contributed by atoms with Gasteiger partial charge < -0.3 is 19.4 Å². The molecule has 0 radical (unpaired) electrons. The number of imidazole rings is 1. The molecule has 0 unspecified atom stereocenters. The van der Waals surface area contributed by atoms with E-state index in [0.29, 0.717) is 17.9 Å². The number of esters is 1. The zero-order chi connectivity index (χ0) is 16.1. The summed E-state index contributed by atoms with van der Waals surface area (Å²) in [7, 11) is 3.29. The Hall–Kier alpha value is -2.50. The highest BCUT2D eigenvalue weighted by Gasteiger charge is 2.12. The Morgan fingerprint density at radius 2 is 2.18 bits per heavy atom. The third-order valence-electron chi connectivity index (χ3n) is 3.12. The summed E-state index contributed by atoms with van der Waals surface area (Å²) in [5, 5.41) is 3.27. The average Bonchev–Trinajstić information content (AvgIpc) is 2.90. The molecule has 0 bridgehead atoms. The van der Waals surface area contributed by atoms with Crippen LogP contribution in [0, 0.1) is 0 Å². The fraction of sp³-hybridized carbons (Fsp3) is 0.375. The van der Waals surface area contributed by atoms with Crippen molar-refractivity contribution in [1.82, 2.24) is 9.55 Å². The van der Waals surface area contributed by atoms with Crippen LogP contribution in [0.4, 0.5) is 5.69 Å². The molecule has 0 saturated carbocycles. The van der Waals surface area contributed by atoms with Crippen LogP contribution in [0.25, 0.3) is 0 Å². The van der Waals surface area contributed by atoms with Gasteiger partial charge >= 0.3 is 5.97 Å². The van der Waals surface area contributed by atoms with Gasteiger partial charge in [-0.25, -0.2) is 9.78 Å². The molecule has 1 aromatic carbocycles. The maximum absolute atomic E-state index is 11.7. The fourth-order valence-corrected chi connectivity index (χ4v) is 2.01. The van der Waals surface area contributed by atoms with Gasteiger partial charge in [-0.3, -0.25) is 0 Å². The molecular formula is C16H21N3O3. The number of aryl methyl sites for hydroxylation is 1. The molecular weight excluding hydrogens is 282 g/mol. The first-order valence-corrected chi connectivity index (χ1v) is 7.10. The third-order valence-corrected chi connectivity index (χ3v) is 3.12. The van der Waals surface area contributed by atoms with Gasteiger partial charge in [0.1, 0.15) is 11.6 Å². The van der Waals surface area contributed by atoms with Crippen molar-refractivity contribution in [2.24, 2.45) is 7.05 Å². The fourth-order valence-electron chi connectivity index (χ4n) is 2.01. The van der Waals surface area contributed by atoms with Crippen LogP contribution in [0.3, 0.4) is 0 Å². The zero-order valence-corrected chi connectivity index (χ0v) is 13.3. The highest BCUT2D eigenvalue weighted by Crippen LogP contribution is 2.27. The van der Waals surface area contributed by atoms with Gasteiger partial charge in [0.05, 0.1) is 31.0 Å². The lowest BCUT2D eigenvalue weighted by atomic mass is 10.2. The van der Waals surface area contributed by atoms with Gasteiger partial charge in [0.2, 0.25) is 0 Å². The van der Waals surface area contributed by atoms with E-state index >= 15 is 0 Å². The van der Waals surface area contributed by atoms with E-state index in [1.165, 1.54) is 7.11 Å². The van der Waals surface area contributed by atoms with Crippen LogP contribution in [0.1, 0.15) is 30.0 Å². The highest BCUT2D eigenvalue weighted by atomic mass is 16.5. The van der Waals surface area contributed by atoms with Crippen LogP contribution in [0.2, 0.25) is 0 Å². The molecule has 0 aliphatic rings. The minimum absolute atomic E-state index is 0.0395. The molecule has 1 aromatic heterocycles. The molecule has 0 fully saturated rings. The molecule has 0 spiro atoms. The quantitative estimate of drug-likeness (QED) is 0.831. The number of nitrogens with one attached hydrogen (secondary N) is 1. The number of nitrogens with zero attached hydrogens (tertiary/aromatic N) is 2. The van der Waals surface area contributed by atoms with Crippen molar-refractivity contribution in [1.29, 1.82) is 0 Å². The number of ether oxygens (including phenoxy) is 2. The van der Waals surface area contributed by atoms with Crippen LogP contribution in [-0.2, 0) is 18.3 Å². The Morgan fingerprint density at radius 3 is 2.77 bits per heavy atom. The molecule has 6 nitrogen and oxygen atoms in total. The van der Waals surface area contributed by atoms with Crippen molar-refractivity contribution < 1.29 is 14.3 Å². The van der Waals surface area contributed by atoms with Crippen LogP contribution >= 0.6 is 0 Å². The topological polar surface area (TPSA) is 65.4 Å². The van der Waals surface area contributed by atoms with Gasteiger partial charge in [0.15, 0.2) is 0 Å². The second-order valence-electron chi connectivity index (χ2n) is 5.18. The highest BCUT2D eigenvalue weighted by molar-refractivity contribution is 5.91. The lowest BCUT2D eigenvalue weighted by molar-refractivity contribution is 0.0601. The number of methoxy groups -OCH3 is 1. The lowest BCUT2D eigenvalue weighted by Gasteiger charge is -2.16. The first-order valence-electron chi connectivity index (χ1n) is 7.10. The number of carbonyl (C=O) groups excluding carboxylic acids is 1. The standard InChI is InChI=1S/C16H21N3O3/c1-11(2)22-14-6-5-12(16(20)21-4)9-13(14)18-10-15-17-7-8-19(15)3/h5-9,11,18H,10H2,1-4H3. The van der Waals surface area contributed by atoms with Crippen LogP contribution in [0.15, 0.2) is 30.6 Å². The van der Waals surface area contributed by atoms with Gasteiger partial charge in [-0.15, -0.1) is 0 Å². The first-order chi connectivity index (χ1) is 10.5. The molecule has 0 aliphatic carbocycles. The van der Waals surface area contributed by atoms with E-state index in [9.17, 15) is 4.79 Å². The maximum Gasteiger partial charge on any atom is 0.337 e. The Morgan fingerprint density at radius 1 is 1.41 bits per heavy atom. The molecule has 0 atom stereocenters. The number of carbonyl (C=O) groups is 1. The summed E-state index contributed by atoms with van der Waals surface area (Å²) in [5.41, 5.74) is 1.21. The Kier molecular flexibility index (Phi) is 5.04. The van der Waals surface area contributed by atoms with Gasteiger partial charge in [0.25, 0.3) is 0 Å². The van der Waals surface area contributed by atoms with Crippen molar-refractivity contribution in [2.75, 3.05) is 12.4 Å². The normalized spacial score (nSPS) is 10.6. The number of anilines is 1. The SMILES string of the molecule is COC(=O)c1ccc(OC(C)C)c(NCc2nccn2C)c1. The monoisotopic (exact) mass is 303 g/mol. The number of aromatic nitrogens is 2. The Bertz CT molecular complexity index is 650. The Labute approximate surface area is 130 Å². The summed E-state index contributed by atoms with van der Waals surface area (Å²) in [6.07, 6.45) is 3.67. The zero-order valence-electron chi connectivity index (χ0n) is 13.3. The predicted molar refractivity (Wildman–Crippen MR) is 84.1 cm³/mol. The second-order valence-corrected chi connectivity index (χ2v) is 5.18. The molecule has 1 N–H and O–H groups in total. The summed E-state index contributed by atoms with van der Waals surface area (Å²) in [4.78, 5) is 15.9. The largest absolute Gasteiger partial charge is 0.489 e. The van der Waals surface area contributed by atoms with E-state index in [4.69, 9.17) is 9.47 Å². The molecule has 6 heteroatoms. The lowest BCUT2D eigenvalue weighted by Crippen LogP contribution is -2.11. The van der Waals surface area contributed by atoms with Gasteiger partial charge in [0, 0.05) is 19.4 Å². The van der Waals surface area contributed by atoms with Crippen LogP contribution in [0.5, 0.6) is 5.75 Å². The summed E-state index contributed by atoms with van der Waals surface area (Å²) >= 11 is 0. The summed E-state index contributed by atoms with van der Waals surface area (Å²) in [6, 6.07) is 5.19. The third kappa shape index (κ3) is 3.78. The molecule has 0 amide bonds. The number of rotatable bonds is 6. The molecule has 2 rings (SSSR count). The summed E-state index contributed by atoms with van der Waals surface area (Å²) < 4.78 is 12.5. The smallest absolute Gasteiger partial charge is 0.337 e. The van der Waals surface area contributed by atoms with E-state index in [2.05, 4.69) is 10.3 Å². The molecule has 22 heavy (non-hydrogen) atoms. The van der Waals surface area contributed by atoms with Crippen LogP contribution in [-0.4, -0.2) is 28.7 Å². The number of benzene rings is 1. The van der Waals surface area contributed by atoms with Crippen molar-refractivity contribution in [3.63, 3.8) is 0 Å². The molecule has 1 heterocycles. The first kappa shape index (κ1) is 15.9. The molecule has 118 valence electrons. The van der Waals surface area contributed by atoms with Gasteiger partial charge in [-0.05, 0) is 32.0 Å². The summed E-state index contributed by atoms with van der Waals surface area (Å²) in [6.45, 7) is 4.44. The van der Waals surface area contributed by atoms with Gasteiger partial charge in [-0.2, -0.15) is 0 Å². The molecule has 2 aromatic rings. The van der Waals surface area contributed by atoms with Crippen molar-refractivity contribution in [2.45, 2.75) is 26.5 Å². The van der Waals surface area contributed by atoms with E-state index in [1.807, 2.05) is 31.7 Å². The maximum atomic E-state index is 11.7. The Balaban J connectivity index is 2.24. The van der Waals surface area contributed by atoms with E-state index in [1.54, 1.807) is 24.4 Å². The van der Waals surface area contributed by atoms with E-state index in [0.717, 1.165) is 11.5 Å². The molecule has 0 saturated heterocycles. The summed E-state index contributed by atoms with van der Waals surface area (Å²) in [5.74, 6) is 1.20. The molecule has 0 aliphatic heterocycles. The van der Waals surface area contributed by atoms with E-state index in [-0.39, 0.29) is 12.1 Å². The van der Waals surface area contributed by atoms with Crippen molar-refractivity contribution in [3.8, 4) is 5.75 Å².